The third-order valence-electron chi connectivity index (χ3n) is 3.88. The van der Waals surface area contributed by atoms with E-state index in [1.165, 1.54) is 11.8 Å². The molecule has 0 radical (unpaired) electrons. The van der Waals surface area contributed by atoms with E-state index in [0.29, 0.717) is 22.2 Å². The Bertz CT molecular complexity index is 1010. The molecule has 3 aromatic rings. The quantitative estimate of drug-likeness (QED) is 0.594. The fourth-order valence-corrected chi connectivity index (χ4v) is 3.12. The van der Waals surface area contributed by atoms with E-state index in [2.05, 4.69) is 20.5 Å². The minimum absolute atomic E-state index is 0.192. The van der Waals surface area contributed by atoms with Crippen LogP contribution >= 0.6 is 11.8 Å². The van der Waals surface area contributed by atoms with Crippen LogP contribution < -0.4 is 10.1 Å². The summed E-state index contributed by atoms with van der Waals surface area (Å²) in [6.07, 6.45) is 0. The van der Waals surface area contributed by atoms with Gasteiger partial charge in [0.2, 0.25) is 11.1 Å². The maximum atomic E-state index is 12.4. The molecule has 0 unspecified atom stereocenters. The van der Waals surface area contributed by atoms with E-state index in [-0.39, 0.29) is 12.5 Å². The summed E-state index contributed by atoms with van der Waals surface area (Å²) in [6.45, 7) is 4.01. The fraction of sp³-hybridized carbons (Fsp3) is 0.200. The number of aromatic amines is 1. The molecule has 8 heteroatoms. The molecule has 0 spiro atoms. The minimum atomic E-state index is -0.410. The minimum Gasteiger partial charge on any atom is -0.485 e. The molecule has 7 nitrogen and oxygen atoms in total. The molecule has 1 atom stereocenters. The lowest BCUT2D eigenvalue weighted by Crippen LogP contribution is -2.22. The number of carbonyl (C=O) groups is 1. The van der Waals surface area contributed by atoms with E-state index < -0.39 is 5.25 Å². The molecule has 0 aliphatic rings. The number of nitrogens with zero attached hydrogens (tertiary/aromatic N) is 3. The summed E-state index contributed by atoms with van der Waals surface area (Å²) in [5.41, 5.74) is 2.12. The molecule has 0 saturated carbocycles. The zero-order chi connectivity index (χ0) is 19.9. The molecule has 28 heavy (non-hydrogen) atoms. The maximum absolute atomic E-state index is 12.4. The molecule has 0 bridgehead atoms. The Labute approximate surface area is 167 Å². The van der Waals surface area contributed by atoms with Gasteiger partial charge in [-0.3, -0.25) is 9.89 Å². The lowest BCUT2D eigenvalue weighted by molar-refractivity contribution is -0.115. The van der Waals surface area contributed by atoms with Crippen LogP contribution in [0.1, 0.15) is 23.9 Å². The number of aryl methyl sites for hydroxylation is 1. The van der Waals surface area contributed by atoms with Gasteiger partial charge in [0.1, 0.15) is 12.4 Å². The van der Waals surface area contributed by atoms with E-state index in [0.717, 1.165) is 11.3 Å². The van der Waals surface area contributed by atoms with Crippen LogP contribution in [0.25, 0.3) is 0 Å². The second kappa shape index (κ2) is 9.06. The van der Waals surface area contributed by atoms with Crippen molar-refractivity contribution in [2.45, 2.75) is 30.9 Å². The summed E-state index contributed by atoms with van der Waals surface area (Å²) in [4.78, 5) is 16.7. The standard InChI is InChI=1S/C20H19N5O2S/c1-13-6-3-4-9-17(13)27-12-18-23-20(25-24-18)28-14(2)19(26)22-16-8-5-7-15(10-16)11-21/h3-10,14H,12H2,1-2H3,(H,22,26)(H,23,24,25)/t14-/m1/s1. The van der Waals surface area contributed by atoms with Gasteiger partial charge in [-0.1, -0.05) is 36.0 Å². The number of H-pyrrole nitrogens is 1. The van der Waals surface area contributed by atoms with E-state index in [9.17, 15) is 4.79 Å². The predicted octanol–water partition coefficient (Wildman–Crippen LogP) is 3.68. The van der Waals surface area contributed by atoms with Crippen molar-refractivity contribution in [2.24, 2.45) is 0 Å². The topological polar surface area (TPSA) is 104 Å². The number of para-hydroxylation sites is 1. The highest BCUT2D eigenvalue weighted by atomic mass is 32.2. The highest BCUT2D eigenvalue weighted by Crippen LogP contribution is 2.22. The predicted molar refractivity (Wildman–Crippen MR) is 107 cm³/mol. The zero-order valence-electron chi connectivity index (χ0n) is 15.5. The summed E-state index contributed by atoms with van der Waals surface area (Å²) in [7, 11) is 0. The van der Waals surface area contributed by atoms with Crippen molar-refractivity contribution in [1.29, 1.82) is 5.26 Å². The molecule has 1 amide bonds. The molecule has 1 aromatic heterocycles. The summed E-state index contributed by atoms with van der Waals surface area (Å²) in [5.74, 6) is 1.18. The molecule has 2 aromatic carbocycles. The van der Waals surface area contributed by atoms with Crippen molar-refractivity contribution in [2.75, 3.05) is 5.32 Å². The molecule has 0 aliphatic heterocycles. The number of carbonyl (C=O) groups excluding carboxylic acids is 1. The van der Waals surface area contributed by atoms with Gasteiger partial charge >= 0.3 is 0 Å². The van der Waals surface area contributed by atoms with Crippen molar-refractivity contribution in [3.63, 3.8) is 0 Å². The Morgan fingerprint density at radius 1 is 1.32 bits per heavy atom. The second-order valence-corrected chi connectivity index (χ2v) is 7.37. The number of hydrogen-bond acceptors (Lipinski definition) is 6. The van der Waals surface area contributed by atoms with Crippen molar-refractivity contribution in [3.8, 4) is 11.8 Å². The van der Waals surface area contributed by atoms with Crippen molar-refractivity contribution in [1.82, 2.24) is 15.2 Å². The van der Waals surface area contributed by atoms with Gasteiger partial charge in [0.25, 0.3) is 0 Å². The molecule has 0 aliphatic carbocycles. The summed E-state index contributed by atoms with van der Waals surface area (Å²) < 4.78 is 5.74. The number of rotatable bonds is 7. The van der Waals surface area contributed by atoms with Gasteiger partial charge in [-0.15, -0.1) is 5.10 Å². The lowest BCUT2D eigenvalue weighted by Gasteiger charge is -2.10. The second-order valence-electron chi connectivity index (χ2n) is 6.06. The molecule has 1 heterocycles. The lowest BCUT2D eigenvalue weighted by atomic mass is 10.2. The van der Waals surface area contributed by atoms with Crippen LogP contribution in [0.15, 0.2) is 53.7 Å². The first-order chi connectivity index (χ1) is 13.5. The number of benzene rings is 2. The number of nitriles is 1. The highest BCUT2D eigenvalue weighted by molar-refractivity contribution is 8.00. The zero-order valence-corrected chi connectivity index (χ0v) is 16.3. The van der Waals surface area contributed by atoms with Gasteiger partial charge < -0.3 is 10.1 Å². The Morgan fingerprint density at radius 3 is 2.93 bits per heavy atom. The van der Waals surface area contributed by atoms with Crippen LogP contribution in [-0.4, -0.2) is 26.3 Å². The van der Waals surface area contributed by atoms with E-state index in [1.807, 2.05) is 37.3 Å². The Hall–Kier alpha value is -3.31. The number of ether oxygens (including phenoxy) is 1. The van der Waals surface area contributed by atoms with Gasteiger partial charge in [-0.2, -0.15) is 5.26 Å². The molecule has 0 fully saturated rings. The number of aromatic nitrogens is 3. The van der Waals surface area contributed by atoms with Gasteiger partial charge in [0.05, 0.1) is 16.9 Å². The molecular weight excluding hydrogens is 374 g/mol. The van der Waals surface area contributed by atoms with E-state index >= 15 is 0 Å². The van der Waals surface area contributed by atoms with Gasteiger partial charge in [-0.05, 0) is 43.7 Å². The Balaban J connectivity index is 1.54. The van der Waals surface area contributed by atoms with Crippen molar-refractivity contribution in [3.05, 3.63) is 65.5 Å². The number of thioether (sulfide) groups is 1. The van der Waals surface area contributed by atoms with Gasteiger partial charge in [0, 0.05) is 5.69 Å². The number of nitrogens with one attached hydrogen (secondary N) is 2. The van der Waals surface area contributed by atoms with Crippen LogP contribution in [-0.2, 0) is 11.4 Å². The average molecular weight is 393 g/mol. The van der Waals surface area contributed by atoms with Crippen LogP contribution in [0, 0.1) is 18.3 Å². The van der Waals surface area contributed by atoms with E-state index in [1.54, 1.807) is 31.2 Å². The molecule has 142 valence electrons. The monoisotopic (exact) mass is 393 g/mol. The highest BCUT2D eigenvalue weighted by Gasteiger charge is 2.17. The Morgan fingerprint density at radius 2 is 2.14 bits per heavy atom. The van der Waals surface area contributed by atoms with Crippen molar-refractivity contribution >= 4 is 23.4 Å². The summed E-state index contributed by atoms with van der Waals surface area (Å²) in [6, 6.07) is 16.6. The maximum Gasteiger partial charge on any atom is 0.237 e. The number of hydrogen-bond donors (Lipinski definition) is 2. The Kier molecular flexibility index (Phi) is 6.29. The number of amides is 1. The van der Waals surface area contributed by atoms with Crippen LogP contribution in [0.4, 0.5) is 5.69 Å². The first-order valence-corrected chi connectivity index (χ1v) is 9.50. The van der Waals surface area contributed by atoms with Gasteiger partial charge in [-0.25, -0.2) is 4.98 Å². The smallest absolute Gasteiger partial charge is 0.237 e. The van der Waals surface area contributed by atoms with Gasteiger partial charge in [0.15, 0.2) is 5.82 Å². The van der Waals surface area contributed by atoms with E-state index in [4.69, 9.17) is 10.00 Å². The normalized spacial score (nSPS) is 11.5. The first kappa shape index (κ1) is 19.5. The molecule has 3 rings (SSSR count). The summed E-state index contributed by atoms with van der Waals surface area (Å²) in [5, 5.41) is 18.8. The number of anilines is 1. The molecule has 0 saturated heterocycles. The average Bonchev–Trinajstić information content (AvgIpc) is 3.14. The van der Waals surface area contributed by atoms with Crippen molar-refractivity contribution < 1.29 is 9.53 Å². The summed E-state index contributed by atoms with van der Waals surface area (Å²) >= 11 is 1.24. The van der Waals surface area contributed by atoms with Crippen LogP contribution in [0.2, 0.25) is 0 Å². The van der Waals surface area contributed by atoms with Crippen LogP contribution in [0.3, 0.4) is 0 Å². The first-order valence-electron chi connectivity index (χ1n) is 8.62. The van der Waals surface area contributed by atoms with Crippen LogP contribution in [0.5, 0.6) is 5.75 Å². The SMILES string of the molecule is Cc1ccccc1OCc1nc(S[C@H](C)C(=O)Nc2cccc(C#N)c2)n[nH]1. The third-order valence-corrected chi connectivity index (χ3v) is 4.84. The largest absolute Gasteiger partial charge is 0.485 e. The fourth-order valence-electron chi connectivity index (χ4n) is 2.38. The molecular formula is C20H19N5O2S. The molecule has 2 N–H and O–H groups in total. The third kappa shape index (κ3) is 5.11.